The van der Waals surface area contributed by atoms with Crippen LogP contribution < -0.4 is 10.1 Å². The first-order chi connectivity index (χ1) is 7.84. The number of nitrogens with one attached hydrogen (secondary N) is 1. The van der Waals surface area contributed by atoms with Crippen LogP contribution in [0.2, 0.25) is 0 Å². The lowest BCUT2D eigenvalue weighted by atomic mass is 9.99. The van der Waals surface area contributed by atoms with E-state index in [1.807, 2.05) is 24.3 Å². The van der Waals surface area contributed by atoms with E-state index in [1.165, 1.54) is 0 Å². The Labute approximate surface area is 93.5 Å². The number of rotatable bonds is 0. The predicted molar refractivity (Wildman–Crippen MR) is 57.2 cm³/mol. The average Bonchev–Trinajstić information content (AvgIpc) is 2.47. The first-order valence-electron chi connectivity index (χ1n) is 5.47. The molecule has 0 unspecified atom stereocenters. The third-order valence-corrected chi connectivity index (χ3v) is 3.02. The van der Waals surface area contributed by atoms with Crippen LogP contribution in [0, 0.1) is 0 Å². The summed E-state index contributed by atoms with van der Waals surface area (Å²) in [6.45, 7) is 0.747. The Bertz CT molecular complexity index is 418. The van der Waals surface area contributed by atoms with Crippen molar-refractivity contribution in [3.63, 3.8) is 0 Å². The maximum atomic E-state index is 11.3. The van der Waals surface area contributed by atoms with Gasteiger partial charge < -0.3 is 14.8 Å². The van der Waals surface area contributed by atoms with Gasteiger partial charge in [-0.2, -0.15) is 0 Å². The van der Waals surface area contributed by atoms with Crippen molar-refractivity contribution in [1.29, 1.82) is 0 Å². The van der Waals surface area contributed by atoms with Gasteiger partial charge in [0, 0.05) is 12.0 Å². The minimum absolute atomic E-state index is 0.0323. The van der Waals surface area contributed by atoms with E-state index in [0.29, 0.717) is 6.61 Å². The SMILES string of the molecule is O=C1CO[C@H]2c3ccccc3OCC[C@@H]2N1. The highest BCUT2D eigenvalue weighted by Gasteiger charge is 2.34. The highest BCUT2D eigenvalue weighted by atomic mass is 16.5. The lowest BCUT2D eigenvalue weighted by Crippen LogP contribution is -2.47. The van der Waals surface area contributed by atoms with E-state index in [2.05, 4.69) is 5.32 Å². The Morgan fingerprint density at radius 3 is 3.12 bits per heavy atom. The molecule has 0 spiro atoms. The zero-order valence-electron chi connectivity index (χ0n) is 8.81. The molecule has 2 atom stereocenters. The van der Waals surface area contributed by atoms with Gasteiger partial charge in [-0.1, -0.05) is 18.2 Å². The smallest absolute Gasteiger partial charge is 0.246 e. The second kappa shape index (κ2) is 3.79. The summed E-state index contributed by atoms with van der Waals surface area (Å²) in [5.41, 5.74) is 1.03. The molecule has 0 radical (unpaired) electrons. The summed E-state index contributed by atoms with van der Waals surface area (Å²) in [7, 11) is 0. The van der Waals surface area contributed by atoms with Crippen LogP contribution >= 0.6 is 0 Å². The Morgan fingerprint density at radius 1 is 1.31 bits per heavy atom. The molecule has 1 aromatic rings. The predicted octanol–water partition coefficient (Wildman–Crippen LogP) is 1.03. The molecule has 4 nitrogen and oxygen atoms in total. The van der Waals surface area contributed by atoms with Crippen molar-refractivity contribution in [2.45, 2.75) is 18.6 Å². The summed E-state index contributed by atoms with van der Waals surface area (Å²) in [6, 6.07) is 7.88. The van der Waals surface area contributed by atoms with Crippen LogP contribution in [0.3, 0.4) is 0 Å². The summed E-state index contributed by atoms with van der Waals surface area (Å²) in [6.07, 6.45) is 0.710. The summed E-state index contributed by atoms with van der Waals surface area (Å²) in [4.78, 5) is 11.3. The summed E-state index contributed by atoms with van der Waals surface area (Å²) < 4.78 is 11.3. The number of para-hydroxylation sites is 1. The standard InChI is InChI=1S/C12H13NO3/c14-11-7-16-12-8-3-1-2-4-10(8)15-6-5-9(12)13-11/h1-4,9,12H,5-7H2,(H,13,14)/t9-,12-/m0/s1. The van der Waals surface area contributed by atoms with E-state index in [-0.39, 0.29) is 24.7 Å². The molecule has 2 heterocycles. The zero-order chi connectivity index (χ0) is 11.0. The quantitative estimate of drug-likeness (QED) is 0.708. The molecule has 2 aliphatic rings. The first kappa shape index (κ1) is 9.66. The molecule has 0 aromatic heterocycles. The normalized spacial score (nSPS) is 28.1. The Kier molecular flexibility index (Phi) is 2.29. The van der Waals surface area contributed by atoms with Crippen molar-refractivity contribution in [3.05, 3.63) is 29.8 Å². The largest absolute Gasteiger partial charge is 0.493 e. The van der Waals surface area contributed by atoms with Crippen molar-refractivity contribution >= 4 is 5.91 Å². The van der Waals surface area contributed by atoms with Crippen LogP contribution in [-0.4, -0.2) is 25.2 Å². The van der Waals surface area contributed by atoms with Crippen molar-refractivity contribution in [1.82, 2.24) is 5.32 Å². The summed E-state index contributed by atoms with van der Waals surface area (Å²) in [5, 5.41) is 2.96. The first-order valence-corrected chi connectivity index (χ1v) is 5.47. The lowest BCUT2D eigenvalue weighted by Gasteiger charge is -2.30. The molecular weight excluding hydrogens is 206 g/mol. The molecule has 1 aromatic carbocycles. The minimum Gasteiger partial charge on any atom is -0.493 e. The van der Waals surface area contributed by atoms with Crippen LogP contribution in [0.1, 0.15) is 18.1 Å². The highest BCUT2D eigenvalue weighted by molar-refractivity contribution is 5.78. The highest BCUT2D eigenvalue weighted by Crippen LogP contribution is 2.35. The lowest BCUT2D eigenvalue weighted by molar-refractivity contribution is -0.137. The number of carbonyl (C=O) groups excluding carboxylic acids is 1. The summed E-state index contributed by atoms with van der Waals surface area (Å²) in [5.74, 6) is 0.826. The molecule has 1 fully saturated rings. The fourth-order valence-electron chi connectivity index (χ4n) is 2.28. The molecule has 0 saturated carbocycles. The van der Waals surface area contributed by atoms with Gasteiger partial charge in [0.15, 0.2) is 0 Å². The van der Waals surface area contributed by atoms with Gasteiger partial charge in [0.05, 0.1) is 12.6 Å². The van der Waals surface area contributed by atoms with Crippen molar-refractivity contribution in [2.24, 2.45) is 0 Å². The third-order valence-electron chi connectivity index (χ3n) is 3.02. The van der Waals surface area contributed by atoms with Crippen LogP contribution in [0.25, 0.3) is 0 Å². The van der Waals surface area contributed by atoms with Gasteiger partial charge in [-0.25, -0.2) is 0 Å². The van der Waals surface area contributed by atoms with E-state index < -0.39 is 0 Å². The van der Waals surface area contributed by atoms with E-state index in [0.717, 1.165) is 17.7 Å². The van der Waals surface area contributed by atoms with Gasteiger partial charge in [0.2, 0.25) is 5.91 Å². The molecule has 84 valence electrons. The van der Waals surface area contributed by atoms with Crippen molar-refractivity contribution < 1.29 is 14.3 Å². The number of benzene rings is 1. The van der Waals surface area contributed by atoms with Gasteiger partial charge >= 0.3 is 0 Å². The molecule has 1 N–H and O–H groups in total. The van der Waals surface area contributed by atoms with Crippen molar-refractivity contribution in [2.75, 3.05) is 13.2 Å². The molecule has 4 heteroatoms. The Balaban J connectivity index is 1.98. The topological polar surface area (TPSA) is 47.6 Å². The Hall–Kier alpha value is -1.55. The van der Waals surface area contributed by atoms with Crippen LogP contribution in [-0.2, 0) is 9.53 Å². The van der Waals surface area contributed by atoms with Gasteiger partial charge in [0.1, 0.15) is 18.5 Å². The second-order valence-electron chi connectivity index (χ2n) is 4.08. The van der Waals surface area contributed by atoms with E-state index >= 15 is 0 Å². The maximum absolute atomic E-state index is 11.3. The maximum Gasteiger partial charge on any atom is 0.246 e. The van der Waals surface area contributed by atoms with E-state index in [4.69, 9.17) is 9.47 Å². The third kappa shape index (κ3) is 1.55. The van der Waals surface area contributed by atoms with Gasteiger partial charge in [-0.15, -0.1) is 0 Å². The molecular formula is C12H13NO3. The van der Waals surface area contributed by atoms with Crippen LogP contribution in [0.5, 0.6) is 5.75 Å². The number of ether oxygens (including phenoxy) is 2. The minimum atomic E-state index is -0.0728. The molecule has 16 heavy (non-hydrogen) atoms. The number of morpholine rings is 1. The summed E-state index contributed by atoms with van der Waals surface area (Å²) >= 11 is 0. The molecule has 2 aliphatic heterocycles. The van der Waals surface area contributed by atoms with Crippen LogP contribution in [0.15, 0.2) is 24.3 Å². The van der Waals surface area contributed by atoms with Gasteiger partial charge in [-0.3, -0.25) is 4.79 Å². The molecule has 0 aliphatic carbocycles. The number of hydrogen-bond donors (Lipinski definition) is 1. The number of carbonyl (C=O) groups is 1. The van der Waals surface area contributed by atoms with Crippen LogP contribution in [0.4, 0.5) is 0 Å². The Morgan fingerprint density at radius 2 is 2.19 bits per heavy atom. The fourth-order valence-corrected chi connectivity index (χ4v) is 2.28. The fraction of sp³-hybridized carbons (Fsp3) is 0.417. The van der Waals surface area contributed by atoms with E-state index in [9.17, 15) is 4.79 Å². The van der Waals surface area contributed by atoms with E-state index in [1.54, 1.807) is 0 Å². The zero-order valence-corrected chi connectivity index (χ0v) is 8.81. The average molecular weight is 219 g/mol. The monoisotopic (exact) mass is 219 g/mol. The molecule has 1 saturated heterocycles. The number of fused-ring (bicyclic) bond motifs is 3. The molecule has 0 bridgehead atoms. The van der Waals surface area contributed by atoms with Gasteiger partial charge in [0.25, 0.3) is 0 Å². The van der Waals surface area contributed by atoms with Gasteiger partial charge in [-0.05, 0) is 6.07 Å². The number of amides is 1. The second-order valence-corrected chi connectivity index (χ2v) is 4.08. The number of hydrogen-bond acceptors (Lipinski definition) is 3. The van der Waals surface area contributed by atoms with Crippen molar-refractivity contribution in [3.8, 4) is 5.75 Å². The molecule has 3 rings (SSSR count). The molecule has 1 amide bonds.